The zero-order valence-corrected chi connectivity index (χ0v) is 12.6. The van der Waals surface area contributed by atoms with E-state index in [9.17, 15) is 9.18 Å². The number of rotatable bonds is 6. The van der Waals surface area contributed by atoms with Crippen LogP contribution in [0, 0.1) is 11.7 Å². The van der Waals surface area contributed by atoms with Gasteiger partial charge in [-0.2, -0.15) is 0 Å². The molecule has 4 nitrogen and oxygen atoms in total. The minimum absolute atomic E-state index is 0.00684. The van der Waals surface area contributed by atoms with Gasteiger partial charge in [-0.15, -0.1) is 0 Å². The maximum Gasteiger partial charge on any atom is 0.309 e. The van der Waals surface area contributed by atoms with Gasteiger partial charge in [0.1, 0.15) is 0 Å². The first-order chi connectivity index (χ1) is 9.40. The van der Waals surface area contributed by atoms with Gasteiger partial charge < -0.3 is 9.47 Å². The number of hydrogen-bond acceptors (Lipinski definition) is 4. The van der Waals surface area contributed by atoms with Gasteiger partial charge in [0.15, 0.2) is 11.6 Å². The highest BCUT2D eigenvalue weighted by Gasteiger charge is 2.24. The van der Waals surface area contributed by atoms with E-state index in [1.807, 2.05) is 31.9 Å². The predicted octanol–water partition coefficient (Wildman–Crippen LogP) is 2.46. The molecule has 0 amide bonds. The van der Waals surface area contributed by atoms with Crippen molar-refractivity contribution < 1.29 is 18.7 Å². The number of halogens is 1. The molecule has 0 fully saturated rings. The fourth-order valence-corrected chi connectivity index (χ4v) is 2.00. The Balaban J connectivity index is 2.72. The molecule has 20 heavy (non-hydrogen) atoms. The minimum Gasteiger partial charge on any atom is -0.494 e. The standard InChI is InChI=1S/C15H22FNO3/c1-10(15(18)20-5)11(2)17(3)9-12-6-7-14(19-4)13(16)8-12/h6-8,10-11H,9H2,1-5H3. The number of esters is 1. The third-order valence-corrected chi connectivity index (χ3v) is 3.64. The highest BCUT2D eigenvalue weighted by molar-refractivity contribution is 5.72. The summed E-state index contributed by atoms with van der Waals surface area (Å²) in [6.45, 7) is 4.31. The second-order valence-corrected chi connectivity index (χ2v) is 4.94. The molecule has 0 radical (unpaired) electrons. The first-order valence-corrected chi connectivity index (χ1v) is 6.51. The van der Waals surface area contributed by atoms with Crippen LogP contribution in [0.5, 0.6) is 5.75 Å². The Hall–Kier alpha value is -1.62. The molecule has 0 aliphatic heterocycles. The molecule has 2 unspecified atom stereocenters. The SMILES string of the molecule is COC(=O)C(C)C(C)N(C)Cc1ccc(OC)c(F)c1. The van der Waals surface area contributed by atoms with Crippen LogP contribution in [0.3, 0.4) is 0 Å². The van der Waals surface area contributed by atoms with Gasteiger partial charge in [0.25, 0.3) is 0 Å². The summed E-state index contributed by atoms with van der Waals surface area (Å²) >= 11 is 0. The van der Waals surface area contributed by atoms with Crippen molar-refractivity contribution in [3.8, 4) is 5.75 Å². The van der Waals surface area contributed by atoms with Crippen LogP contribution in [-0.4, -0.2) is 38.2 Å². The molecular weight excluding hydrogens is 261 g/mol. The summed E-state index contributed by atoms with van der Waals surface area (Å²) in [5, 5.41) is 0. The fraction of sp³-hybridized carbons (Fsp3) is 0.533. The van der Waals surface area contributed by atoms with Crippen molar-refractivity contribution in [2.24, 2.45) is 5.92 Å². The lowest BCUT2D eigenvalue weighted by Crippen LogP contribution is -2.38. The molecule has 0 aliphatic carbocycles. The number of nitrogens with zero attached hydrogens (tertiary/aromatic N) is 1. The maximum atomic E-state index is 13.6. The van der Waals surface area contributed by atoms with E-state index in [0.29, 0.717) is 6.54 Å². The normalized spacial score (nSPS) is 13.9. The lowest BCUT2D eigenvalue weighted by molar-refractivity contribution is -0.146. The summed E-state index contributed by atoms with van der Waals surface area (Å²) in [5.41, 5.74) is 0.828. The van der Waals surface area contributed by atoms with Crippen LogP contribution < -0.4 is 4.74 Å². The highest BCUT2D eigenvalue weighted by atomic mass is 19.1. The van der Waals surface area contributed by atoms with Crippen LogP contribution in [0.4, 0.5) is 4.39 Å². The summed E-state index contributed by atoms with van der Waals surface area (Å²) in [5.74, 6) is -0.641. The van der Waals surface area contributed by atoms with Gasteiger partial charge in [0, 0.05) is 12.6 Å². The van der Waals surface area contributed by atoms with Crippen molar-refractivity contribution in [2.45, 2.75) is 26.4 Å². The van der Waals surface area contributed by atoms with Crippen molar-refractivity contribution >= 4 is 5.97 Å². The molecule has 0 bridgehead atoms. The van der Waals surface area contributed by atoms with Crippen LogP contribution >= 0.6 is 0 Å². The summed E-state index contributed by atoms with van der Waals surface area (Å²) in [6.07, 6.45) is 0. The average Bonchev–Trinajstić information content (AvgIpc) is 2.44. The summed E-state index contributed by atoms with van der Waals surface area (Å²) in [4.78, 5) is 13.5. The third kappa shape index (κ3) is 3.93. The Labute approximate surface area is 119 Å². The molecule has 1 rings (SSSR count). The predicted molar refractivity (Wildman–Crippen MR) is 75.1 cm³/mol. The number of hydrogen-bond donors (Lipinski definition) is 0. The third-order valence-electron chi connectivity index (χ3n) is 3.64. The molecule has 112 valence electrons. The number of benzene rings is 1. The number of ether oxygens (including phenoxy) is 2. The Morgan fingerprint density at radius 2 is 2.00 bits per heavy atom. The van der Waals surface area contributed by atoms with Crippen LogP contribution in [0.2, 0.25) is 0 Å². The van der Waals surface area contributed by atoms with Crippen LogP contribution in [0.1, 0.15) is 19.4 Å². The van der Waals surface area contributed by atoms with Crippen LogP contribution in [0.25, 0.3) is 0 Å². The molecule has 0 aromatic heterocycles. The molecule has 0 saturated carbocycles. The number of carbonyl (C=O) groups is 1. The quantitative estimate of drug-likeness (QED) is 0.752. The lowest BCUT2D eigenvalue weighted by atomic mass is 10.0. The second kappa shape index (κ2) is 7.24. The van der Waals surface area contributed by atoms with E-state index in [1.54, 1.807) is 6.07 Å². The van der Waals surface area contributed by atoms with Crippen molar-refractivity contribution in [1.82, 2.24) is 4.90 Å². The topological polar surface area (TPSA) is 38.8 Å². The van der Waals surface area contributed by atoms with Crippen LogP contribution in [-0.2, 0) is 16.1 Å². The zero-order valence-electron chi connectivity index (χ0n) is 12.6. The molecule has 0 N–H and O–H groups in total. The van der Waals surface area contributed by atoms with Crippen molar-refractivity contribution in [3.05, 3.63) is 29.6 Å². The van der Waals surface area contributed by atoms with E-state index in [2.05, 4.69) is 0 Å². The minimum atomic E-state index is -0.382. The summed E-state index contributed by atoms with van der Waals surface area (Å²) in [7, 11) is 4.71. The smallest absolute Gasteiger partial charge is 0.309 e. The van der Waals surface area contributed by atoms with E-state index >= 15 is 0 Å². The second-order valence-electron chi connectivity index (χ2n) is 4.94. The molecule has 0 saturated heterocycles. The number of carbonyl (C=O) groups excluding carboxylic acids is 1. The highest BCUT2D eigenvalue weighted by Crippen LogP contribution is 2.20. The van der Waals surface area contributed by atoms with E-state index in [1.165, 1.54) is 20.3 Å². The molecule has 1 aromatic carbocycles. The Kier molecular flexibility index (Phi) is 5.95. The van der Waals surface area contributed by atoms with Gasteiger partial charge in [0.2, 0.25) is 0 Å². The molecular formula is C15H22FNO3. The summed E-state index contributed by atoms with van der Waals surface area (Å²) in [6, 6.07) is 4.86. The monoisotopic (exact) mass is 283 g/mol. The first kappa shape index (κ1) is 16.4. The van der Waals surface area contributed by atoms with Gasteiger partial charge in [0.05, 0.1) is 20.1 Å². The molecule has 2 atom stereocenters. The van der Waals surface area contributed by atoms with Gasteiger partial charge >= 0.3 is 5.97 Å². The lowest BCUT2D eigenvalue weighted by Gasteiger charge is -2.28. The fourth-order valence-electron chi connectivity index (χ4n) is 2.00. The zero-order chi connectivity index (χ0) is 15.3. The molecule has 0 aliphatic rings. The average molecular weight is 283 g/mol. The van der Waals surface area contributed by atoms with E-state index < -0.39 is 0 Å². The van der Waals surface area contributed by atoms with Crippen molar-refractivity contribution in [2.75, 3.05) is 21.3 Å². The first-order valence-electron chi connectivity index (χ1n) is 6.51. The molecule has 1 aromatic rings. The Morgan fingerprint density at radius 1 is 1.35 bits per heavy atom. The van der Waals surface area contributed by atoms with E-state index in [-0.39, 0.29) is 29.5 Å². The molecule has 0 spiro atoms. The Bertz CT molecular complexity index is 464. The number of methoxy groups -OCH3 is 2. The van der Waals surface area contributed by atoms with E-state index in [4.69, 9.17) is 9.47 Å². The van der Waals surface area contributed by atoms with Gasteiger partial charge in [-0.3, -0.25) is 9.69 Å². The van der Waals surface area contributed by atoms with Crippen molar-refractivity contribution in [1.29, 1.82) is 0 Å². The van der Waals surface area contributed by atoms with Crippen molar-refractivity contribution in [3.63, 3.8) is 0 Å². The van der Waals surface area contributed by atoms with Gasteiger partial charge in [-0.05, 0) is 31.7 Å². The molecule has 5 heteroatoms. The van der Waals surface area contributed by atoms with E-state index in [0.717, 1.165) is 5.56 Å². The van der Waals surface area contributed by atoms with Gasteiger partial charge in [-0.1, -0.05) is 13.0 Å². The summed E-state index contributed by atoms with van der Waals surface area (Å²) < 4.78 is 23.3. The molecule has 0 heterocycles. The Morgan fingerprint density at radius 3 is 2.50 bits per heavy atom. The van der Waals surface area contributed by atoms with Crippen LogP contribution in [0.15, 0.2) is 18.2 Å². The van der Waals surface area contributed by atoms with Gasteiger partial charge in [-0.25, -0.2) is 4.39 Å². The largest absolute Gasteiger partial charge is 0.494 e. The maximum absolute atomic E-state index is 13.6.